The molecule has 5 nitrogen and oxygen atoms in total. The van der Waals surface area contributed by atoms with Gasteiger partial charge in [0.2, 0.25) is 0 Å². The largest absolute Gasteiger partial charge is 0.478 e. The quantitative estimate of drug-likeness (QED) is 0.794. The number of halogens is 1. The number of morpholine rings is 1. The van der Waals surface area contributed by atoms with Crippen molar-refractivity contribution in [3.63, 3.8) is 0 Å². The van der Waals surface area contributed by atoms with Crippen LogP contribution in [0.4, 0.5) is 5.69 Å². The van der Waals surface area contributed by atoms with E-state index in [9.17, 15) is 15.2 Å². The monoisotopic (exact) mass is 385 g/mol. The maximum Gasteiger partial charge on any atom is 0.335 e. The number of carboxylic acids is 1. The Kier molecular flexibility index (Phi) is 5.81. The average Bonchev–Trinajstić information content (AvgIpc) is 2.67. The van der Waals surface area contributed by atoms with Crippen molar-refractivity contribution < 1.29 is 14.6 Å². The number of carboxylic acid groups (broad SMARTS) is 1. The number of aromatic carboxylic acids is 1. The van der Waals surface area contributed by atoms with E-state index >= 15 is 0 Å². The van der Waals surface area contributed by atoms with Crippen LogP contribution in [0.5, 0.6) is 0 Å². The molecule has 1 atom stereocenters. The van der Waals surface area contributed by atoms with Crippen molar-refractivity contribution in [2.24, 2.45) is 0 Å². The molecule has 0 aliphatic carbocycles. The van der Waals surface area contributed by atoms with Gasteiger partial charge >= 0.3 is 5.97 Å². The second-order valence-electron chi connectivity index (χ2n) is 6.80. The Labute approximate surface area is 164 Å². The van der Waals surface area contributed by atoms with E-state index in [1.54, 1.807) is 12.1 Å². The molecule has 1 heterocycles. The smallest absolute Gasteiger partial charge is 0.335 e. The number of para-hydroxylation sites is 1. The molecule has 0 saturated carbocycles. The molecule has 1 fully saturated rings. The summed E-state index contributed by atoms with van der Waals surface area (Å²) in [5.74, 6) is -0.975. The lowest BCUT2D eigenvalue weighted by molar-refractivity contribution is 0.0302. The SMILES string of the molecule is Cc1cccc(C(=O)O)c1CC(C#N)[N+]1(c2ccccc2Cl)CCOCC1. The zero-order valence-corrected chi connectivity index (χ0v) is 15.9. The van der Waals surface area contributed by atoms with Gasteiger partial charge in [0.1, 0.15) is 24.2 Å². The van der Waals surface area contributed by atoms with Gasteiger partial charge in [-0.3, -0.25) is 4.48 Å². The third-order valence-electron chi connectivity index (χ3n) is 5.39. The number of hydrogen-bond donors (Lipinski definition) is 1. The fourth-order valence-corrected chi connectivity index (χ4v) is 4.20. The fraction of sp³-hybridized carbons (Fsp3) is 0.333. The van der Waals surface area contributed by atoms with Gasteiger partial charge < -0.3 is 9.84 Å². The molecule has 1 aliphatic rings. The maximum absolute atomic E-state index is 11.7. The van der Waals surface area contributed by atoms with Crippen LogP contribution in [0.2, 0.25) is 5.02 Å². The summed E-state index contributed by atoms with van der Waals surface area (Å²) in [6.07, 6.45) is 0.343. The average molecular weight is 386 g/mol. The highest BCUT2D eigenvalue weighted by molar-refractivity contribution is 6.33. The second-order valence-corrected chi connectivity index (χ2v) is 7.21. The molecule has 2 aromatic rings. The van der Waals surface area contributed by atoms with E-state index in [-0.39, 0.29) is 5.56 Å². The molecular weight excluding hydrogens is 364 g/mol. The molecule has 1 N–H and O–H groups in total. The van der Waals surface area contributed by atoms with Crippen LogP contribution in [0.1, 0.15) is 21.5 Å². The molecule has 3 rings (SSSR count). The lowest BCUT2D eigenvalue weighted by atomic mass is 9.93. The number of aryl methyl sites for hydroxylation is 1. The van der Waals surface area contributed by atoms with Crippen LogP contribution >= 0.6 is 11.6 Å². The Morgan fingerprint density at radius 3 is 2.59 bits per heavy atom. The first kappa shape index (κ1) is 19.4. The van der Waals surface area contributed by atoms with E-state index in [1.807, 2.05) is 37.3 Å². The third-order valence-corrected chi connectivity index (χ3v) is 5.70. The molecule has 1 aliphatic heterocycles. The lowest BCUT2D eigenvalue weighted by Gasteiger charge is -2.44. The van der Waals surface area contributed by atoms with E-state index in [2.05, 4.69) is 6.07 Å². The summed E-state index contributed by atoms with van der Waals surface area (Å²) in [7, 11) is 0. The van der Waals surface area contributed by atoms with E-state index < -0.39 is 12.0 Å². The van der Waals surface area contributed by atoms with E-state index in [0.29, 0.717) is 47.8 Å². The van der Waals surface area contributed by atoms with Gasteiger partial charge in [-0.2, -0.15) is 5.26 Å². The lowest BCUT2D eigenvalue weighted by Crippen LogP contribution is -2.62. The molecule has 6 heteroatoms. The van der Waals surface area contributed by atoms with Crippen LogP contribution in [0.3, 0.4) is 0 Å². The Morgan fingerprint density at radius 1 is 1.26 bits per heavy atom. The summed E-state index contributed by atoms with van der Waals surface area (Å²) in [6.45, 7) is 4.19. The summed E-state index contributed by atoms with van der Waals surface area (Å²) in [4.78, 5) is 11.7. The summed E-state index contributed by atoms with van der Waals surface area (Å²) < 4.78 is 5.93. The predicted octanol–water partition coefficient (Wildman–Crippen LogP) is 3.82. The first-order chi connectivity index (χ1) is 13.0. The van der Waals surface area contributed by atoms with Crippen molar-refractivity contribution in [2.75, 3.05) is 26.3 Å². The summed E-state index contributed by atoms with van der Waals surface area (Å²) in [6, 6.07) is 14.8. The van der Waals surface area contributed by atoms with Crippen molar-refractivity contribution in [1.29, 1.82) is 5.26 Å². The highest BCUT2D eigenvalue weighted by Crippen LogP contribution is 2.36. The van der Waals surface area contributed by atoms with Gasteiger partial charge in [0.15, 0.2) is 11.7 Å². The molecule has 1 saturated heterocycles. The Bertz CT molecular complexity index is 885. The first-order valence-corrected chi connectivity index (χ1v) is 9.28. The fourth-order valence-electron chi connectivity index (χ4n) is 3.90. The van der Waals surface area contributed by atoms with Crippen LogP contribution in [0.15, 0.2) is 42.5 Å². The molecule has 2 aromatic carbocycles. The van der Waals surface area contributed by atoms with Gasteiger partial charge in [0.05, 0.1) is 18.8 Å². The van der Waals surface area contributed by atoms with Crippen molar-refractivity contribution in [1.82, 2.24) is 4.48 Å². The van der Waals surface area contributed by atoms with Gasteiger partial charge in [0, 0.05) is 12.5 Å². The van der Waals surface area contributed by atoms with E-state index in [4.69, 9.17) is 16.3 Å². The first-order valence-electron chi connectivity index (χ1n) is 8.90. The van der Waals surface area contributed by atoms with E-state index in [0.717, 1.165) is 11.3 Å². The highest BCUT2D eigenvalue weighted by atomic mass is 35.5. The second kappa shape index (κ2) is 8.10. The van der Waals surface area contributed by atoms with Gasteiger partial charge in [-0.25, -0.2) is 4.79 Å². The minimum absolute atomic E-state index is 0.251. The van der Waals surface area contributed by atoms with Gasteiger partial charge in [-0.05, 0) is 30.2 Å². The molecule has 0 aromatic heterocycles. The topological polar surface area (TPSA) is 70.3 Å². The molecule has 27 heavy (non-hydrogen) atoms. The molecular formula is C21H22ClN2O3+. The zero-order chi connectivity index (χ0) is 19.4. The number of nitriles is 1. The standard InChI is InChI=1S/C21H21ClN2O3/c1-15-5-4-6-17(21(25)26)18(15)13-16(14-23)24(9-11-27-12-10-24)20-8-3-2-7-19(20)22/h2-8,16H,9-13H2,1H3/p+1. The summed E-state index contributed by atoms with van der Waals surface area (Å²) in [5.41, 5.74) is 2.72. The Hall–Kier alpha value is -2.39. The number of hydrogen-bond acceptors (Lipinski definition) is 3. The maximum atomic E-state index is 11.7. The Balaban J connectivity index is 2.09. The zero-order valence-electron chi connectivity index (χ0n) is 15.2. The molecule has 1 unspecified atom stereocenters. The highest BCUT2D eigenvalue weighted by Gasteiger charge is 2.43. The molecule has 0 bridgehead atoms. The minimum atomic E-state index is -0.975. The predicted molar refractivity (Wildman–Crippen MR) is 105 cm³/mol. The molecule has 0 radical (unpaired) electrons. The number of rotatable bonds is 5. The van der Waals surface area contributed by atoms with Gasteiger partial charge in [-0.15, -0.1) is 0 Å². The van der Waals surface area contributed by atoms with Gasteiger partial charge in [-0.1, -0.05) is 35.9 Å². The molecule has 0 spiro atoms. The normalized spacial score (nSPS) is 17.1. The van der Waals surface area contributed by atoms with Crippen molar-refractivity contribution in [3.05, 3.63) is 64.2 Å². The number of quaternary nitrogens is 1. The van der Waals surface area contributed by atoms with Crippen molar-refractivity contribution in [3.8, 4) is 6.07 Å². The van der Waals surface area contributed by atoms with E-state index in [1.165, 1.54) is 0 Å². The third kappa shape index (κ3) is 3.70. The molecule has 140 valence electrons. The molecule has 0 amide bonds. The van der Waals surface area contributed by atoms with Crippen LogP contribution in [-0.2, 0) is 11.2 Å². The number of nitrogens with zero attached hydrogens (tertiary/aromatic N) is 2. The van der Waals surface area contributed by atoms with Crippen LogP contribution in [-0.4, -0.2) is 43.4 Å². The van der Waals surface area contributed by atoms with Gasteiger partial charge in [0.25, 0.3) is 0 Å². The number of ether oxygens (including phenoxy) is 1. The minimum Gasteiger partial charge on any atom is -0.478 e. The van der Waals surface area contributed by atoms with Crippen LogP contribution in [0.25, 0.3) is 0 Å². The van der Waals surface area contributed by atoms with Crippen molar-refractivity contribution >= 4 is 23.3 Å². The Morgan fingerprint density at radius 2 is 1.96 bits per heavy atom. The number of benzene rings is 2. The van der Waals surface area contributed by atoms with Crippen LogP contribution in [0, 0.1) is 18.3 Å². The summed E-state index contributed by atoms with van der Waals surface area (Å²) in [5, 5.41) is 20.3. The summed E-state index contributed by atoms with van der Waals surface area (Å²) >= 11 is 6.50. The van der Waals surface area contributed by atoms with Crippen LogP contribution < -0.4 is 4.48 Å². The number of carbonyl (C=O) groups is 1. The van der Waals surface area contributed by atoms with Crippen molar-refractivity contribution in [2.45, 2.75) is 19.4 Å².